The van der Waals surface area contributed by atoms with E-state index in [0.29, 0.717) is 31.2 Å². The van der Waals surface area contributed by atoms with Gasteiger partial charge in [0.25, 0.3) is 5.91 Å². The summed E-state index contributed by atoms with van der Waals surface area (Å²) in [6, 6.07) is 9.13. The van der Waals surface area contributed by atoms with Crippen molar-refractivity contribution in [3.63, 3.8) is 0 Å². The van der Waals surface area contributed by atoms with Gasteiger partial charge in [0.15, 0.2) is 0 Å². The molecule has 2 N–H and O–H groups in total. The number of methoxy groups -OCH3 is 2. The Balaban J connectivity index is 1.96. The van der Waals surface area contributed by atoms with Gasteiger partial charge in [-0.2, -0.15) is 0 Å². The number of nitrogens with one attached hydrogen (secondary N) is 2. The van der Waals surface area contributed by atoms with E-state index in [4.69, 9.17) is 9.47 Å². The molecule has 1 amide bonds. The molecule has 0 aliphatic heterocycles. The summed E-state index contributed by atoms with van der Waals surface area (Å²) in [5, 5.41) is 5.88. The number of hydrogen-bond acceptors (Lipinski definition) is 6. The van der Waals surface area contributed by atoms with Crippen LogP contribution in [0, 0.1) is 0 Å². The minimum Gasteiger partial charge on any atom is -0.496 e. The number of carbonyl (C=O) groups is 1. The number of ether oxygens (including phenoxy) is 2. The molecule has 7 heteroatoms. The predicted octanol–water partition coefficient (Wildman–Crippen LogP) is 1.47. The number of amides is 1. The number of para-hydroxylation sites is 1. The van der Waals surface area contributed by atoms with Gasteiger partial charge >= 0.3 is 0 Å². The number of anilines is 1. The molecule has 1 aromatic carbocycles. The van der Waals surface area contributed by atoms with Gasteiger partial charge < -0.3 is 20.1 Å². The molecule has 0 unspecified atom stereocenters. The lowest BCUT2D eigenvalue weighted by Crippen LogP contribution is -2.24. The summed E-state index contributed by atoms with van der Waals surface area (Å²) < 4.78 is 10.2. The second-order valence-corrected chi connectivity index (χ2v) is 4.70. The molecule has 23 heavy (non-hydrogen) atoms. The van der Waals surface area contributed by atoms with E-state index in [0.717, 1.165) is 11.3 Å². The molecule has 0 saturated carbocycles. The third kappa shape index (κ3) is 4.93. The van der Waals surface area contributed by atoms with Gasteiger partial charge in [0.1, 0.15) is 23.6 Å². The van der Waals surface area contributed by atoms with Crippen LogP contribution in [0.15, 0.2) is 36.7 Å². The Morgan fingerprint density at radius 3 is 2.83 bits per heavy atom. The number of nitrogens with zero attached hydrogens (tertiary/aromatic N) is 2. The smallest absolute Gasteiger partial charge is 0.270 e. The molecule has 0 radical (unpaired) electrons. The van der Waals surface area contributed by atoms with Gasteiger partial charge in [0.2, 0.25) is 0 Å². The van der Waals surface area contributed by atoms with Crippen molar-refractivity contribution in [1.29, 1.82) is 0 Å². The molecular weight excluding hydrogens is 296 g/mol. The molecule has 0 spiro atoms. The van der Waals surface area contributed by atoms with Crippen LogP contribution in [-0.4, -0.2) is 43.2 Å². The highest BCUT2D eigenvalue weighted by Gasteiger charge is 2.10. The van der Waals surface area contributed by atoms with Gasteiger partial charge in [0.05, 0.1) is 13.7 Å². The summed E-state index contributed by atoms with van der Waals surface area (Å²) in [6.45, 7) is 1.52. The van der Waals surface area contributed by atoms with Crippen molar-refractivity contribution in [2.45, 2.75) is 6.54 Å². The first-order valence-electron chi connectivity index (χ1n) is 7.19. The summed E-state index contributed by atoms with van der Waals surface area (Å²) in [5.74, 6) is 1.05. The average Bonchev–Trinajstić information content (AvgIpc) is 2.60. The van der Waals surface area contributed by atoms with E-state index in [1.165, 1.54) is 6.33 Å². The van der Waals surface area contributed by atoms with Crippen LogP contribution in [0.4, 0.5) is 5.82 Å². The van der Waals surface area contributed by atoms with E-state index >= 15 is 0 Å². The van der Waals surface area contributed by atoms with E-state index < -0.39 is 0 Å². The summed E-state index contributed by atoms with van der Waals surface area (Å²) in [5.41, 5.74) is 1.20. The summed E-state index contributed by atoms with van der Waals surface area (Å²) in [4.78, 5) is 20.3. The minimum atomic E-state index is -0.270. The van der Waals surface area contributed by atoms with Crippen LogP contribution in [-0.2, 0) is 11.3 Å². The van der Waals surface area contributed by atoms with Gasteiger partial charge in [-0.25, -0.2) is 9.97 Å². The molecule has 2 aromatic rings. The first-order valence-corrected chi connectivity index (χ1v) is 7.19. The molecule has 122 valence electrons. The molecule has 1 aromatic heterocycles. The lowest BCUT2D eigenvalue weighted by Gasteiger charge is -2.10. The Morgan fingerprint density at radius 2 is 2.04 bits per heavy atom. The highest BCUT2D eigenvalue weighted by molar-refractivity contribution is 5.92. The van der Waals surface area contributed by atoms with Crippen LogP contribution in [0.3, 0.4) is 0 Å². The molecule has 0 fully saturated rings. The summed E-state index contributed by atoms with van der Waals surface area (Å²) >= 11 is 0. The van der Waals surface area contributed by atoms with Crippen LogP contribution in [0.2, 0.25) is 0 Å². The van der Waals surface area contributed by atoms with E-state index in [-0.39, 0.29) is 5.91 Å². The van der Waals surface area contributed by atoms with Gasteiger partial charge in [-0.15, -0.1) is 0 Å². The molecule has 0 atom stereocenters. The van der Waals surface area contributed by atoms with Crippen LogP contribution in [0.5, 0.6) is 5.75 Å². The van der Waals surface area contributed by atoms with Gasteiger partial charge in [-0.05, 0) is 6.07 Å². The van der Waals surface area contributed by atoms with Crippen LogP contribution in [0.1, 0.15) is 16.1 Å². The van der Waals surface area contributed by atoms with Crippen molar-refractivity contribution >= 4 is 11.7 Å². The number of hydrogen-bond donors (Lipinski definition) is 2. The first kappa shape index (κ1) is 16.7. The molecule has 0 aliphatic carbocycles. The zero-order valence-electron chi connectivity index (χ0n) is 13.2. The Hall–Kier alpha value is -2.67. The maximum atomic E-state index is 12.2. The topological polar surface area (TPSA) is 85.4 Å². The lowest BCUT2D eigenvalue weighted by atomic mass is 10.2. The van der Waals surface area contributed by atoms with Crippen molar-refractivity contribution in [1.82, 2.24) is 15.3 Å². The summed E-state index contributed by atoms with van der Waals surface area (Å²) in [6.07, 6.45) is 1.35. The summed E-state index contributed by atoms with van der Waals surface area (Å²) in [7, 11) is 3.22. The quantitative estimate of drug-likeness (QED) is 0.718. The second kappa shape index (κ2) is 8.70. The van der Waals surface area contributed by atoms with Crippen molar-refractivity contribution in [3.05, 3.63) is 47.9 Å². The van der Waals surface area contributed by atoms with Crippen LogP contribution in [0.25, 0.3) is 0 Å². The maximum Gasteiger partial charge on any atom is 0.270 e. The molecular formula is C16H20N4O3. The number of aromatic nitrogens is 2. The van der Waals surface area contributed by atoms with Gasteiger partial charge in [-0.3, -0.25) is 4.79 Å². The van der Waals surface area contributed by atoms with Crippen molar-refractivity contribution in [2.75, 3.05) is 32.7 Å². The standard InChI is InChI=1S/C16H20N4O3/c1-22-8-7-17-15-9-13(19-11-20-15)16(21)18-10-12-5-3-4-6-14(12)23-2/h3-6,9,11H,7-8,10H2,1-2H3,(H,18,21)(H,17,19,20). The molecule has 2 rings (SSSR count). The number of rotatable bonds is 8. The molecule has 0 saturated heterocycles. The monoisotopic (exact) mass is 316 g/mol. The van der Waals surface area contributed by atoms with Crippen LogP contribution >= 0.6 is 0 Å². The number of carbonyl (C=O) groups excluding carboxylic acids is 1. The van der Waals surface area contributed by atoms with E-state index in [1.54, 1.807) is 20.3 Å². The fourth-order valence-corrected chi connectivity index (χ4v) is 1.97. The van der Waals surface area contributed by atoms with Crippen molar-refractivity contribution in [2.24, 2.45) is 0 Å². The molecule has 1 heterocycles. The molecule has 7 nitrogen and oxygen atoms in total. The molecule has 0 bridgehead atoms. The Bertz CT molecular complexity index is 649. The fourth-order valence-electron chi connectivity index (χ4n) is 1.97. The highest BCUT2D eigenvalue weighted by Crippen LogP contribution is 2.16. The van der Waals surface area contributed by atoms with Gasteiger partial charge in [-0.1, -0.05) is 18.2 Å². The Kier molecular flexibility index (Phi) is 6.31. The van der Waals surface area contributed by atoms with Gasteiger partial charge in [0, 0.05) is 31.8 Å². The maximum absolute atomic E-state index is 12.2. The molecule has 0 aliphatic rings. The second-order valence-electron chi connectivity index (χ2n) is 4.70. The predicted molar refractivity (Wildman–Crippen MR) is 86.6 cm³/mol. The first-order chi connectivity index (χ1) is 11.2. The highest BCUT2D eigenvalue weighted by atomic mass is 16.5. The van der Waals surface area contributed by atoms with Crippen molar-refractivity contribution < 1.29 is 14.3 Å². The van der Waals surface area contributed by atoms with Crippen molar-refractivity contribution in [3.8, 4) is 5.75 Å². The Labute approximate surface area is 135 Å². The Morgan fingerprint density at radius 1 is 1.22 bits per heavy atom. The SMILES string of the molecule is COCCNc1cc(C(=O)NCc2ccccc2OC)ncn1. The van der Waals surface area contributed by atoms with E-state index in [2.05, 4.69) is 20.6 Å². The zero-order valence-corrected chi connectivity index (χ0v) is 13.2. The zero-order chi connectivity index (χ0) is 16.5. The lowest BCUT2D eigenvalue weighted by molar-refractivity contribution is 0.0945. The third-order valence-electron chi connectivity index (χ3n) is 3.14. The normalized spacial score (nSPS) is 10.2. The average molecular weight is 316 g/mol. The van der Waals surface area contributed by atoms with Crippen LogP contribution < -0.4 is 15.4 Å². The minimum absolute atomic E-state index is 0.270. The third-order valence-corrected chi connectivity index (χ3v) is 3.14. The largest absolute Gasteiger partial charge is 0.496 e. The van der Waals surface area contributed by atoms with E-state index in [9.17, 15) is 4.79 Å². The van der Waals surface area contributed by atoms with E-state index in [1.807, 2.05) is 24.3 Å². The number of benzene rings is 1. The fraction of sp³-hybridized carbons (Fsp3) is 0.312.